The zero-order chi connectivity index (χ0) is 15.0. The summed E-state index contributed by atoms with van der Waals surface area (Å²) in [6, 6.07) is 7.84. The number of urea groups is 1. The molecule has 1 aliphatic carbocycles. The van der Waals surface area contributed by atoms with E-state index in [9.17, 15) is 9.59 Å². The van der Waals surface area contributed by atoms with Gasteiger partial charge in [0.05, 0.1) is 6.54 Å². The lowest BCUT2D eigenvalue weighted by molar-refractivity contribution is -0.134. The van der Waals surface area contributed by atoms with Crippen molar-refractivity contribution in [3.05, 3.63) is 35.4 Å². The molecule has 21 heavy (non-hydrogen) atoms. The van der Waals surface area contributed by atoms with Crippen LogP contribution < -0.4 is 0 Å². The number of amides is 3. The number of carbonyl (C=O) groups excluding carboxylic acids is 2. The molecule has 4 heteroatoms. The van der Waals surface area contributed by atoms with E-state index in [1.807, 2.05) is 31.2 Å². The van der Waals surface area contributed by atoms with Gasteiger partial charge in [-0.15, -0.1) is 0 Å². The van der Waals surface area contributed by atoms with Gasteiger partial charge in [0.2, 0.25) is 0 Å². The summed E-state index contributed by atoms with van der Waals surface area (Å²) >= 11 is 0. The third kappa shape index (κ3) is 2.23. The number of rotatable bonds is 2. The lowest BCUT2D eigenvalue weighted by Crippen LogP contribution is -2.49. The molecule has 3 rings (SSSR count). The van der Waals surface area contributed by atoms with Gasteiger partial charge < -0.3 is 4.90 Å². The summed E-state index contributed by atoms with van der Waals surface area (Å²) in [4.78, 5) is 28.5. The summed E-state index contributed by atoms with van der Waals surface area (Å²) in [5, 5.41) is 0. The molecule has 112 valence electrons. The van der Waals surface area contributed by atoms with E-state index in [0.29, 0.717) is 6.54 Å². The van der Waals surface area contributed by atoms with E-state index < -0.39 is 5.54 Å². The van der Waals surface area contributed by atoms with Gasteiger partial charge in [-0.3, -0.25) is 9.69 Å². The van der Waals surface area contributed by atoms with Gasteiger partial charge in [0, 0.05) is 7.05 Å². The van der Waals surface area contributed by atoms with Crippen molar-refractivity contribution in [2.75, 3.05) is 7.05 Å². The van der Waals surface area contributed by atoms with Crippen molar-refractivity contribution in [1.82, 2.24) is 9.80 Å². The van der Waals surface area contributed by atoms with Crippen LogP contribution in [0.15, 0.2) is 24.3 Å². The Kier molecular flexibility index (Phi) is 3.47. The van der Waals surface area contributed by atoms with Crippen LogP contribution in [-0.4, -0.2) is 34.3 Å². The second kappa shape index (κ2) is 5.17. The third-order valence-electron chi connectivity index (χ3n) is 4.91. The summed E-state index contributed by atoms with van der Waals surface area (Å²) in [5.41, 5.74) is 1.59. The van der Waals surface area contributed by atoms with E-state index in [-0.39, 0.29) is 11.9 Å². The number of aryl methyl sites for hydroxylation is 1. The maximum absolute atomic E-state index is 12.9. The second-order valence-electron chi connectivity index (χ2n) is 6.31. The molecule has 1 spiro atoms. The Bertz CT molecular complexity index is 576. The average molecular weight is 286 g/mol. The molecule has 1 aromatic rings. The highest BCUT2D eigenvalue weighted by atomic mass is 16.2. The lowest BCUT2D eigenvalue weighted by Gasteiger charge is -2.35. The Hall–Kier alpha value is -1.84. The van der Waals surface area contributed by atoms with Crippen LogP contribution in [0.3, 0.4) is 0 Å². The monoisotopic (exact) mass is 286 g/mol. The Morgan fingerprint density at radius 2 is 1.86 bits per heavy atom. The highest BCUT2D eigenvalue weighted by molar-refractivity contribution is 6.06. The molecule has 3 amide bonds. The molecule has 1 heterocycles. The van der Waals surface area contributed by atoms with Gasteiger partial charge in [-0.1, -0.05) is 49.1 Å². The zero-order valence-corrected chi connectivity index (χ0v) is 12.8. The predicted octanol–water partition coefficient (Wildman–Crippen LogP) is 3.09. The largest absolute Gasteiger partial charge is 0.327 e. The van der Waals surface area contributed by atoms with E-state index in [4.69, 9.17) is 0 Å². The normalized spacial score (nSPS) is 21.4. The molecule has 2 fully saturated rings. The molecular formula is C17H22N2O2. The van der Waals surface area contributed by atoms with Crippen molar-refractivity contribution < 1.29 is 9.59 Å². The fraction of sp³-hybridized carbons (Fsp3) is 0.529. The van der Waals surface area contributed by atoms with Gasteiger partial charge in [-0.05, 0) is 25.3 Å². The van der Waals surface area contributed by atoms with Gasteiger partial charge in [0.1, 0.15) is 5.54 Å². The first kappa shape index (κ1) is 14.1. The quantitative estimate of drug-likeness (QED) is 0.784. The van der Waals surface area contributed by atoms with Crippen LogP contribution in [0.5, 0.6) is 0 Å². The first-order chi connectivity index (χ1) is 10.0. The van der Waals surface area contributed by atoms with Crippen LogP contribution in [0.1, 0.15) is 43.2 Å². The Balaban J connectivity index is 1.86. The number of imide groups is 1. The minimum atomic E-state index is -0.570. The Labute approximate surface area is 125 Å². The van der Waals surface area contributed by atoms with Crippen molar-refractivity contribution >= 4 is 11.9 Å². The van der Waals surface area contributed by atoms with Gasteiger partial charge >= 0.3 is 6.03 Å². The van der Waals surface area contributed by atoms with Gasteiger partial charge in [-0.2, -0.15) is 0 Å². The molecule has 0 atom stereocenters. The second-order valence-corrected chi connectivity index (χ2v) is 6.31. The number of hydrogen-bond acceptors (Lipinski definition) is 2. The number of hydrogen-bond donors (Lipinski definition) is 0. The van der Waals surface area contributed by atoms with Gasteiger partial charge in [-0.25, -0.2) is 4.79 Å². The molecule has 0 aromatic heterocycles. The minimum absolute atomic E-state index is 0.00351. The molecule has 0 unspecified atom stereocenters. The SMILES string of the molecule is Cc1cccc(CN2C(=O)N(C)C3(CCCCC3)C2=O)c1. The van der Waals surface area contributed by atoms with E-state index in [2.05, 4.69) is 0 Å². The van der Waals surface area contributed by atoms with Crippen molar-refractivity contribution in [1.29, 1.82) is 0 Å². The van der Waals surface area contributed by atoms with Crippen molar-refractivity contribution in [2.24, 2.45) is 0 Å². The summed E-state index contributed by atoms with van der Waals surface area (Å²) in [5.74, 6) is -0.00351. The van der Waals surface area contributed by atoms with Crippen LogP contribution in [0, 0.1) is 6.92 Å². The van der Waals surface area contributed by atoms with Crippen molar-refractivity contribution in [3.8, 4) is 0 Å². The van der Waals surface area contributed by atoms with Crippen LogP contribution >= 0.6 is 0 Å². The summed E-state index contributed by atoms with van der Waals surface area (Å²) in [6.07, 6.45) is 4.83. The maximum atomic E-state index is 12.9. The average Bonchev–Trinajstić information content (AvgIpc) is 2.65. The molecule has 0 radical (unpaired) electrons. The smallest absolute Gasteiger partial charge is 0.313 e. The highest BCUT2D eigenvalue weighted by Gasteiger charge is 2.55. The predicted molar refractivity (Wildman–Crippen MR) is 80.7 cm³/mol. The zero-order valence-electron chi connectivity index (χ0n) is 12.8. The number of nitrogens with zero attached hydrogens (tertiary/aromatic N) is 2. The highest BCUT2D eigenvalue weighted by Crippen LogP contribution is 2.39. The number of benzene rings is 1. The Morgan fingerprint density at radius 1 is 1.14 bits per heavy atom. The van der Waals surface area contributed by atoms with Crippen LogP contribution in [0.2, 0.25) is 0 Å². The molecule has 4 nitrogen and oxygen atoms in total. The molecule has 1 aliphatic heterocycles. The molecule has 0 bridgehead atoms. The van der Waals surface area contributed by atoms with Gasteiger partial charge in [0.15, 0.2) is 0 Å². The van der Waals surface area contributed by atoms with E-state index in [1.165, 1.54) is 4.90 Å². The molecular weight excluding hydrogens is 264 g/mol. The summed E-state index contributed by atoms with van der Waals surface area (Å²) < 4.78 is 0. The first-order valence-corrected chi connectivity index (χ1v) is 7.70. The minimum Gasteiger partial charge on any atom is -0.313 e. The fourth-order valence-electron chi connectivity index (χ4n) is 3.66. The van der Waals surface area contributed by atoms with Gasteiger partial charge in [0.25, 0.3) is 5.91 Å². The van der Waals surface area contributed by atoms with Crippen molar-refractivity contribution in [2.45, 2.75) is 51.1 Å². The first-order valence-electron chi connectivity index (χ1n) is 7.70. The maximum Gasteiger partial charge on any atom is 0.327 e. The third-order valence-corrected chi connectivity index (χ3v) is 4.91. The molecule has 0 N–H and O–H groups in total. The summed E-state index contributed by atoms with van der Waals surface area (Å²) in [7, 11) is 1.78. The van der Waals surface area contributed by atoms with E-state index in [1.54, 1.807) is 11.9 Å². The van der Waals surface area contributed by atoms with Crippen LogP contribution in [0.25, 0.3) is 0 Å². The molecule has 2 aliphatic rings. The van der Waals surface area contributed by atoms with Crippen LogP contribution in [-0.2, 0) is 11.3 Å². The number of carbonyl (C=O) groups is 2. The Morgan fingerprint density at radius 3 is 2.52 bits per heavy atom. The standard InChI is InChI=1S/C17H22N2O2/c1-13-7-6-8-14(11-13)12-19-15(20)17(18(2)16(19)21)9-4-3-5-10-17/h6-8,11H,3-5,9-10,12H2,1-2H3. The fourth-order valence-corrected chi connectivity index (χ4v) is 3.66. The van der Waals surface area contributed by atoms with E-state index in [0.717, 1.165) is 43.2 Å². The molecule has 1 aromatic carbocycles. The molecule has 1 saturated carbocycles. The number of likely N-dealkylation sites (N-methyl/N-ethyl adjacent to an activating group) is 1. The van der Waals surface area contributed by atoms with Crippen LogP contribution in [0.4, 0.5) is 4.79 Å². The molecule has 1 saturated heterocycles. The summed E-state index contributed by atoms with van der Waals surface area (Å²) in [6.45, 7) is 2.40. The lowest BCUT2D eigenvalue weighted by atomic mass is 9.80. The van der Waals surface area contributed by atoms with E-state index >= 15 is 0 Å². The topological polar surface area (TPSA) is 40.6 Å². The van der Waals surface area contributed by atoms with Crippen molar-refractivity contribution in [3.63, 3.8) is 0 Å².